The van der Waals surface area contributed by atoms with Crippen LogP contribution in [0.5, 0.6) is 0 Å². The molecule has 0 aliphatic carbocycles. The molecule has 0 N–H and O–H groups in total. The molecule has 0 amide bonds. The highest BCUT2D eigenvalue weighted by atomic mass is 19.1. The van der Waals surface area contributed by atoms with Crippen LogP contribution in [-0.4, -0.2) is 15.5 Å². The largest absolute Gasteiger partial charge is 0.257 e. The number of halogens is 1. The zero-order valence-electron chi connectivity index (χ0n) is 17.5. The summed E-state index contributed by atoms with van der Waals surface area (Å²) in [6.07, 6.45) is 4.72. The van der Waals surface area contributed by atoms with Crippen molar-refractivity contribution in [2.75, 3.05) is 5.01 Å². The summed E-state index contributed by atoms with van der Waals surface area (Å²) in [6.45, 7) is 4.21. The maximum absolute atomic E-state index is 13.5. The Kier molecular flexibility index (Phi) is 4.86. The highest BCUT2D eigenvalue weighted by Gasteiger charge is 2.31. The third kappa shape index (κ3) is 3.75. The second-order valence-corrected chi connectivity index (χ2v) is 7.94. The van der Waals surface area contributed by atoms with Crippen LogP contribution in [0, 0.1) is 19.7 Å². The number of benzene rings is 3. The van der Waals surface area contributed by atoms with Crippen LogP contribution in [0.25, 0.3) is 5.69 Å². The third-order valence-corrected chi connectivity index (χ3v) is 5.85. The lowest BCUT2D eigenvalue weighted by Crippen LogP contribution is -2.18. The second-order valence-electron chi connectivity index (χ2n) is 7.94. The van der Waals surface area contributed by atoms with Crippen molar-refractivity contribution in [2.24, 2.45) is 5.10 Å². The molecule has 31 heavy (non-hydrogen) atoms. The van der Waals surface area contributed by atoms with Crippen molar-refractivity contribution in [3.63, 3.8) is 0 Å². The predicted octanol–water partition coefficient (Wildman–Crippen LogP) is 5.98. The van der Waals surface area contributed by atoms with Crippen molar-refractivity contribution < 1.29 is 4.39 Å². The summed E-state index contributed by atoms with van der Waals surface area (Å²) in [6, 6.07) is 23.0. The smallest absolute Gasteiger partial charge is 0.123 e. The maximum atomic E-state index is 13.5. The van der Waals surface area contributed by atoms with Crippen molar-refractivity contribution >= 4 is 11.4 Å². The quantitative estimate of drug-likeness (QED) is 0.414. The van der Waals surface area contributed by atoms with E-state index in [2.05, 4.69) is 55.5 Å². The Balaban J connectivity index is 1.51. The molecule has 3 aromatic carbocycles. The molecule has 1 unspecified atom stereocenters. The zero-order chi connectivity index (χ0) is 21.4. The number of aryl methyl sites for hydroxylation is 2. The first-order chi connectivity index (χ1) is 15.1. The van der Waals surface area contributed by atoms with E-state index in [0.717, 1.165) is 34.6 Å². The van der Waals surface area contributed by atoms with Gasteiger partial charge in [0.25, 0.3) is 0 Å². The summed E-state index contributed by atoms with van der Waals surface area (Å²) < 4.78 is 15.4. The van der Waals surface area contributed by atoms with Gasteiger partial charge in [-0.1, -0.05) is 36.4 Å². The van der Waals surface area contributed by atoms with Crippen molar-refractivity contribution in [1.29, 1.82) is 0 Å². The molecule has 5 heteroatoms. The van der Waals surface area contributed by atoms with E-state index in [1.807, 2.05) is 34.1 Å². The summed E-state index contributed by atoms with van der Waals surface area (Å²) in [5, 5.41) is 11.5. The van der Waals surface area contributed by atoms with Crippen molar-refractivity contribution in [1.82, 2.24) is 9.78 Å². The van der Waals surface area contributed by atoms with Gasteiger partial charge in [0.1, 0.15) is 5.82 Å². The minimum Gasteiger partial charge on any atom is -0.257 e. The molecule has 154 valence electrons. The molecule has 1 aromatic heterocycles. The van der Waals surface area contributed by atoms with Gasteiger partial charge in [0.15, 0.2) is 0 Å². The minimum absolute atomic E-state index is 0.0130. The molecule has 0 bridgehead atoms. The highest BCUT2D eigenvalue weighted by molar-refractivity contribution is 6.03. The van der Waals surface area contributed by atoms with Crippen molar-refractivity contribution in [2.45, 2.75) is 26.3 Å². The molecule has 4 aromatic rings. The number of aromatic nitrogens is 2. The maximum Gasteiger partial charge on any atom is 0.123 e. The SMILES string of the molecule is Cc1ccc(-n2cc(C3CC(c4ccccc4)=NN3c3ccc(F)cc3)cn2)cc1C. The first-order valence-electron chi connectivity index (χ1n) is 10.4. The van der Waals surface area contributed by atoms with Gasteiger partial charge in [-0.3, -0.25) is 5.01 Å². The van der Waals surface area contributed by atoms with Gasteiger partial charge in [-0.15, -0.1) is 0 Å². The molecule has 0 radical (unpaired) electrons. The fourth-order valence-corrected chi connectivity index (χ4v) is 3.92. The zero-order valence-corrected chi connectivity index (χ0v) is 17.5. The van der Waals surface area contributed by atoms with Gasteiger partial charge < -0.3 is 0 Å². The summed E-state index contributed by atoms with van der Waals surface area (Å²) in [4.78, 5) is 0. The summed E-state index contributed by atoms with van der Waals surface area (Å²) in [5.74, 6) is -0.255. The Hall–Kier alpha value is -3.73. The Labute approximate surface area is 181 Å². The van der Waals surface area contributed by atoms with Crippen LogP contribution in [0.1, 0.15) is 34.7 Å². The van der Waals surface area contributed by atoms with Gasteiger partial charge >= 0.3 is 0 Å². The lowest BCUT2D eigenvalue weighted by molar-refractivity contribution is 0.626. The van der Waals surface area contributed by atoms with E-state index in [-0.39, 0.29) is 11.9 Å². The minimum atomic E-state index is -0.255. The van der Waals surface area contributed by atoms with Gasteiger partial charge in [-0.2, -0.15) is 10.2 Å². The molecule has 1 atom stereocenters. The van der Waals surface area contributed by atoms with Crippen LogP contribution in [0.4, 0.5) is 10.1 Å². The van der Waals surface area contributed by atoms with Crippen molar-refractivity contribution in [3.8, 4) is 5.69 Å². The van der Waals surface area contributed by atoms with E-state index in [1.54, 1.807) is 12.1 Å². The van der Waals surface area contributed by atoms with Crippen LogP contribution in [-0.2, 0) is 0 Å². The van der Waals surface area contributed by atoms with Crippen LogP contribution >= 0.6 is 0 Å². The summed E-state index contributed by atoms with van der Waals surface area (Å²) >= 11 is 0. The van der Waals surface area contributed by atoms with Crippen LogP contribution < -0.4 is 5.01 Å². The highest BCUT2D eigenvalue weighted by Crippen LogP contribution is 2.36. The number of hydrazone groups is 1. The number of nitrogens with zero attached hydrogens (tertiary/aromatic N) is 4. The molecular formula is C26H23FN4. The van der Waals surface area contributed by atoms with E-state index in [4.69, 9.17) is 5.10 Å². The Morgan fingerprint density at radius 3 is 2.35 bits per heavy atom. The summed E-state index contributed by atoms with van der Waals surface area (Å²) in [7, 11) is 0. The fourth-order valence-electron chi connectivity index (χ4n) is 3.92. The lowest BCUT2D eigenvalue weighted by Gasteiger charge is -2.22. The predicted molar refractivity (Wildman–Crippen MR) is 122 cm³/mol. The van der Waals surface area contributed by atoms with Gasteiger partial charge in [-0.25, -0.2) is 9.07 Å². The van der Waals surface area contributed by atoms with E-state index >= 15 is 0 Å². The molecule has 1 aliphatic rings. The average molecular weight is 410 g/mol. The molecule has 0 spiro atoms. The molecule has 1 aliphatic heterocycles. The fraction of sp³-hybridized carbons (Fsp3) is 0.154. The molecule has 2 heterocycles. The van der Waals surface area contributed by atoms with E-state index in [1.165, 1.54) is 23.3 Å². The van der Waals surface area contributed by atoms with Crippen LogP contribution in [0.3, 0.4) is 0 Å². The number of rotatable bonds is 4. The second kappa shape index (κ2) is 7.84. The summed E-state index contributed by atoms with van der Waals surface area (Å²) in [5.41, 5.74) is 7.55. The standard InChI is InChI=1S/C26H23FN4/c1-18-8-11-24(14-19(18)2)30-17-21(16-28-30)26-15-25(20-6-4-3-5-7-20)29-31(26)23-12-9-22(27)10-13-23/h3-14,16-17,26H,15H2,1-2H3. The molecule has 4 nitrogen and oxygen atoms in total. The van der Waals surface area contributed by atoms with E-state index in [9.17, 15) is 4.39 Å². The normalized spacial score (nSPS) is 15.9. The molecule has 0 fully saturated rings. The van der Waals surface area contributed by atoms with E-state index < -0.39 is 0 Å². The molecule has 0 saturated heterocycles. The number of anilines is 1. The Morgan fingerprint density at radius 1 is 0.871 bits per heavy atom. The van der Waals surface area contributed by atoms with Crippen LogP contribution in [0.15, 0.2) is 90.3 Å². The van der Waals surface area contributed by atoms with Crippen LogP contribution in [0.2, 0.25) is 0 Å². The molecule has 0 saturated carbocycles. The first kappa shape index (κ1) is 19.2. The average Bonchev–Trinajstić information content (AvgIpc) is 3.44. The van der Waals surface area contributed by atoms with Crippen molar-refractivity contribution in [3.05, 3.63) is 113 Å². The van der Waals surface area contributed by atoms with Gasteiger partial charge in [-0.05, 0) is 66.9 Å². The Bertz CT molecular complexity index is 1240. The molecule has 5 rings (SSSR count). The van der Waals surface area contributed by atoms with E-state index in [0.29, 0.717) is 0 Å². The number of hydrogen-bond donors (Lipinski definition) is 0. The number of hydrogen-bond acceptors (Lipinski definition) is 3. The molecular weight excluding hydrogens is 387 g/mol. The lowest BCUT2D eigenvalue weighted by atomic mass is 10.0. The topological polar surface area (TPSA) is 33.4 Å². The first-order valence-corrected chi connectivity index (χ1v) is 10.4. The van der Waals surface area contributed by atoms with Gasteiger partial charge in [0, 0.05) is 18.2 Å². The van der Waals surface area contributed by atoms with Gasteiger partial charge in [0.2, 0.25) is 0 Å². The third-order valence-electron chi connectivity index (χ3n) is 5.85. The van der Waals surface area contributed by atoms with Gasteiger partial charge in [0.05, 0.1) is 29.3 Å². The monoisotopic (exact) mass is 410 g/mol. The Morgan fingerprint density at radius 2 is 1.61 bits per heavy atom.